The van der Waals surface area contributed by atoms with Crippen molar-refractivity contribution >= 4 is 0 Å². The van der Waals surface area contributed by atoms with Crippen LogP contribution in [0.2, 0.25) is 0 Å². The molecule has 1 rings (SSSR count). The van der Waals surface area contributed by atoms with Gasteiger partial charge in [0, 0.05) is 18.6 Å². The fourth-order valence-corrected chi connectivity index (χ4v) is 2.72. The lowest BCUT2D eigenvalue weighted by molar-refractivity contribution is 0.182. The molecule has 1 fully saturated rings. The first-order valence-corrected chi connectivity index (χ1v) is 7.12. The van der Waals surface area contributed by atoms with Crippen molar-refractivity contribution in [3.05, 3.63) is 0 Å². The zero-order valence-corrected chi connectivity index (χ0v) is 11.6. The smallest absolute Gasteiger partial charge is 0.0243 e. The van der Waals surface area contributed by atoms with Crippen molar-refractivity contribution in [1.82, 2.24) is 10.2 Å². The predicted molar refractivity (Wildman–Crippen MR) is 71.8 cm³/mol. The Bertz CT molecular complexity index is 174. The molecule has 0 radical (unpaired) electrons. The molecule has 0 saturated carbocycles. The quantitative estimate of drug-likeness (QED) is 0.718. The van der Waals surface area contributed by atoms with Gasteiger partial charge in [-0.2, -0.15) is 0 Å². The van der Waals surface area contributed by atoms with Gasteiger partial charge in [-0.1, -0.05) is 27.2 Å². The van der Waals surface area contributed by atoms with Crippen LogP contribution in [0.4, 0.5) is 0 Å². The van der Waals surface area contributed by atoms with Gasteiger partial charge in [0.05, 0.1) is 0 Å². The van der Waals surface area contributed by atoms with E-state index in [4.69, 9.17) is 0 Å². The van der Waals surface area contributed by atoms with E-state index in [-0.39, 0.29) is 0 Å². The molecule has 0 aromatic heterocycles. The lowest BCUT2D eigenvalue weighted by atomic mass is 10.0. The molecule has 96 valence electrons. The van der Waals surface area contributed by atoms with E-state index < -0.39 is 0 Å². The highest BCUT2D eigenvalue weighted by Crippen LogP contribution is 2.17. The molecule has 0 amide bonds. The number of rotatable bonds is 7. The van der Waals surface area contributed by atoms with Crippen LogP contribution in [0.5, 0.6) is 0 Å². The van der Waals surface area contributed by atoms with Gasteiger partial charge >= 0.3 is 0 Å². The Balaban J connectivity index is 2.33. The van der Waals surface area contributed by atoms with Crippen LogP contribution in [-0.2, 0) is 0 Å². The van der Waals surface area contributed by atoms with E-state index in [2.05, 4.69) is 37.9 Å². The van der Waals surface area contributed by atoms with Crippen LogP contribution in [0, 0.1) is 5.92 Å². The van der Waals surface area contributed by atoms with E-state index in [1.54, 1.807) is 0 Å². The molecular formula is C14H30N2. The van der Waals surface area contributed by atoms with Crippen molar-refractivity contribution in [2.45, 2.75) is 65.5 Å². The van der Waals surface area contributed by atoms with E-state index >= 15 is 0 Å². The van der Waals surface area contributed by atoms with Gasteiger partial charge in [-0.05, 0) is 45.2 Å². The summed E-state index contributed by atoms with van der Waals surface area (Å²) in [7, 11) is 0. The number of nitrogens with zero attached hydrogens (tertiary/aromatic N) is 1. The highest BCUT2D eigenvalue weighted by atomic mass is 15.2. The summed E-state index contributed by atoms with van der Waals surface area (Å²) in [5.74, 6) is 0.763. The minimum atomic E-state index is 0.675. The summed E-state index contributed by atoms with van der Waals surface area (Å²) in [6, 6.07) is 1.41. The van der Waals surface area contributed by atoms with Crippen LogP contribution in [0.3, 0.4) is 0 Å². The lowest BCUT2D eigenvalue weighted by Gasteiger charge is -2.32. The maximum atomic E-state index is 3.70. The van der Waals surface area contributed by atoms with E-state index in [9.17, 15) is 0 Å². The Hall–Kier alpha value is -0.0800. The molecule has 0 aromatic carbocycles. The summed E-state index contributed by atoms with van der Waals surface area (Å²) in [6.07, 6.45) is 5.37. The average Bonchev–Trinajstić information content (AvgIpc) is 2.71. The summed E-state index contributed by atoms with van der Waals surface area (Å²) in [4.78, 5) is 2.68. The largest absolute Gasteiger partial charge is 0.313 e. The van der Waals surface area contributed by atoms with Crippen molar-refractivity contribution < 1.29 is 0 Å². The summed E-state index contributed by atoms with van der Waals surface area (Å²) < 4.78 is 0. The van der Waals surface area contributed by atoms with Gasteiger partial charge < -0.3 is 5.32 Å². The molecule has 1 aliphatic rings. The fourth-order valence-electron chi connectivity index (χ4n) is 2.72. The highest BCUT2D eigenvalue weighted by molar-refractivity contribution is 4.81. The molecule has 1 aliphatic heterocycles. The van der Waals surface area contributed by atoms with Gasteiger partial charge in [0.2, 0.25) is 0 Å². The molecule has 0 bridgehead atoms. The molecular weight excluding hydrogens is 196 g/mol. The summed E-state index contributed by atoms with van der Waals surface area (Å²) in [5.41, 5.74) is 0. The molecule has 2 nitrogen and oxygen atoms in total. The number of nitrogens with one attached hydrogen (secondary N) is 1. The van der Waals surface area contributed by atoms with Gasteiger partial charge in [-0.25, -0.2) is 0 Å². The van der Waals surface area contributed by atoms with E-state index in [0.717, 1.165) is 12.0 Å². The minimum Gasteiger partial charge on any atom is -0.313 e. The van der Waals surface area contributed by atoms with Gasteiger partial charge in [0.1, 0.15) is 0 Å². The summed E-state index contributed by atoms with van der Waals surface area (Å²) >= 11 is 0. The predicted octanol–water partition coefficient (Wildman–Crippen LogP) is 2.89. The van der Waals surface area contributed by atoms with E-state index in [0.29, 0.717) is 6.04 Å². The van der Waals surface area contributed by atoms with Gasteiger partial charge in [-0.15, -0.1) is 0 Å². The Morgan fingerprint density at radius 2 is 1.75 bits per heavy atom. The van der Waals surface area contributed by atoms with Crippen molar-refractivity contribution in [3.63, 3.8) is 0 Å². The monoisotopic (exact) mass is 226 g/mol. The SMILES string of the molecule is CCCC(C)NCC(C(C)C)N1CCCC1. The highest BCUT2D eigenvalue weighted by Gasteiger charge is 2.24. The minimum absolute atomic E-state index is 0.675. The molecule has 2 atom stereocenters. The topological polar surface area (TPSA) is 15.3 Å². The average molecular weight is 226 g/mol. The van der Waals surface area contributed by atoms with Crippen LogP contribution in [0.25, 0.3) is 0 Å². The standard InChI is InChI=1S/C14H30N2/c1-5-8-13(4)15-11-14(12(2)3)16-9-6-7-10-16/h12-15H,5-11H2,1-4H3. The van der Waals surface area contributed by atoms with E-state index in [1.807, 2.05) is 0 Å². The number of likely N-dealkylation sites (tertiary alicyclic amines) is 1. The number of hydrogen-bond acceptors (Lipinski definition) is 2. The van der Waals surface area contributed by atoms with Crippen LogP contribution in [0.15, 0.2) is 0 Å². The molecule has 2 unspecified atom stereocenters. The summed E-state index contributed by atoms with van der Waals surface area (Å²) in [6.45, 7) is 13.1. The molecule has 1 heterocycles. The maximum Gasteiger partial charge on any atom is 0.0243 e. The molecule has 0 spiro atoms. The third-order valence-electron chi connectivity index (χ3n) is 3.78. The van der Waals surface area contributed by atoms with Crippen LogP contribution in [0.1, 0.15) is 53.4 Å². The Morgan fingerprint density at radius 3 is 2.25 bits per heavy atom. The molecule has 1 saturated heterocycles. The first kappa shape index (κ1) is 14.0. The zero-order chi connectivity index (χ0) is 12.0. The summed E-state index contributed by atoms with van der Waals surface area (Å²) in [5, 5.41) is 3.70. The third-order valence-corrected chi connectivity index (χ3v) is 3.78. The Morgan fingerprint density at radius 1 is 1.12 bits per heavy atom. The second-order valence-electron chi connectivity index (χ2n) is 5.65. The first-order valence-electron chi connectivity index (χ1n) is 7.12. The molecule has 0 aliphatic carbocycles. The van der Waals surface area contributed by atoms with Gasteiger partial charge in [-0.3, -0.25) is 4.90 Å². The Labute approximate surface area is 102 Å². The lowest BCUT2D eigenvalue weighted by Crippen LogP contribution is -2.46. The second-order valence-corrected chi connectivity index (χ2v) is 5.65. The normalized spacial score (nSPS) is 21.6. The fraction of sp³-hybridized carbons (Fsp3) is 1.00. The van der Waals surface area contributed by atoms with Gasteiger partial charge in [0.25, 0.3) is 0 Å². The first-order chi connectivity index (χ1) is 7.65. The number of hydrogen-bond donors (Lipinski definition) is 1. The second kappa shape index (κ2) is 7.29. The third kappa shape index (κ3) is 4.42. The van der Waals surface area contributed by atoms with Crippen molar-refractivity contribution in [2.24, 2.45) is 5.92 Å². The van der Waals surface area contributed by atoms with Gasteiger partial charge in [0.15, 0.2) is 0 Å². The van der Waals surface area contributed by atoms with Crippen molar-refractivity contribution in [3.8, 4) is 0 Å². The maximum absolute atomic E-state index is 3.70. The van der Waals surface area contributed by atoms with Crippen LogP contribution >= 0.6 is 0 Å². The molecule has 0 aromatic rings. The van der Waals surface area contributed by atoms with Crippen molar-refractivity contribution in [1.29, 1.82) is 0 Å². The molecule has 16 heavy (non-hydrogen) atoms. The zero-order valence-electron chi connectivity index (χ0n) is 11.6. The molecule has 1 N–H and O–H groups in total. The Kier molecular flexibility index (Phi) is 6.37. The van der Waals surface area contributed by atoms with Crippen LogP contribution < -0.4 is 5.32 Å². The van der Waals surface area contributed by atoms with E-state index in [1.165, 1.54) is 45.3 Å². The molecule has 2 heteroatoms. The van der Waals surface area contributed by atoms with Crippen LogP contribution in [-0.4, -0.2) is 36.6 Å². The van der Waals surface area contributed by atoms with Crippen molar-refractivity contribution in [2.75, 3.05) is 19.6 Å².